The summed E-state index contributed by atoms with van der Waals surface area (Å²) >= 11 is 0. The minimum Gasteiger partial charge on any atom is -0.481 e. The van der Waals surface area contributed by atoms with Crippen LogP contribution in [0.2, 0.25) is 0 Å². The fourth-order valence-electron chi connectivity index (χ4n) is 1.67. The fraction of sp³-hybridized carbons (Fsp3) is 0.643. The maximum absolute atomic E-state index is 5.02. The van der Waals surface area contributed by atoms with Gasteiger partial charge in [-0.1, -0.05) is 32.8 Å². The van der Waals surface area contributed by atoms with Crippen LogP contribution in [0.3, 0.4) is 0 Å². The third kappa shape index (κ3) is 6.27. The number of hydrogen-bond acceptors (Lipinski definition) is 3. The van der Waals surface area contributed by atoms with Crippen molar-refractivity contribution in [2.75, 3.05) is 13.7 Å². The van der Waals surface area contributed by atoms with Gasteiger partial charge in [-0.15, -0.1) is 0 Å². The van der Waals surface area contributed by atoms with Gasteiger partial charge in [-0.3, -0.25) is 0 Å². The number of ether oxygens (including phenoxy) is 1. The topological polar surface area (TPSA) is 34.1 Å². The molecule has 0 unspecified atom stereocenters. The van der Waals surface area contributed by atoms with Crippen molar-refractivity contribution in [3.63, 3.8) is 0 Å². The normalized spacial score (nSPS) is 10.8. The second-order valence-corrected chi connectivity index (χ2v) is 4.78. The molecule has 0 saturated heterocycles. The summed E-state index contributed by atoms with van der Waals surface area (Å²) in [5.41, 5.74) is 1.20. The van der Waals surface area contributed by atoms with Crippen molar-refractivity contribution in [3.05, 3.63) is 23.9 Å². The monoisotopic (exact) mass is 236 g/mol. The van der Waals surface area contributed by atoms with Crippen LogP contribution in [0, 0.1) is 5.92 Å². The molecule has 1 aromatic rings. The molecule has 0 saturated carbocycles. The Morgan fingerprint density at radius 1 is 1.29 bits per heavy atom. The van der Waals surface area contributed by atoms with Crippen LogP contribution in [-0.2, 0) is 6.54 Å². The van der Waals surface area contributed by atoms with E-state index in [4.69, 9.17) is 4.74 Å². The Balaban J connectivity index is 2.09. The molecule has 17 heavy (non-hydrogen) atoms. The Labute approximate surface area is 105 Å². The highest BCUT2D eigenvalue weighted by molar-refractivity contribution is 5.17. The van der Waals surface area contributed by atoms with E-state index in [9.17, 15) is 0 Å². The molecule has 0 aliphatic heterocycles. The van der Waals surface area contributed by atoms with E-state index in [1.54, 1.807) is 7.11 Å². The van der Waals surface area contributed by atoms with Gasteiger partial charge in [0, 0.05) is 18.8 Å². The Kier molecular flexibility index (Phi) is 6.63. The largest absolute Gasteiger partial charge is 0.481 e. The third-order valence-electron chi connectivity index (χ3n) is 2.72. The highest BCUT2D eigenvalue weighted by Gasteiger charge is 1.96. The lowest BCUT2D eigenvalue weighted by atomic mass is 10.1. The van der Waals surface area contributed by atoms with Gasteiger partial charge in [-0.2, -0.15) is 0 Å². The zero-order chi connectivity index (χ0) is 12.5. The van der Waals surface area contributed by atoms with Gasteiger partial charge in [0.15, 0.2) is 0 Å². The quantitative estimate of drug-likeness (QED) is 0.705. The lowest BCUT2D eigenvalue weighted by molar-refractivity contribution is 0.397. The Bertz CT molecular complexity index is 296. The van der Waals surface area contributed by atoms with Gasteiger partial charge < -0.3 is 10.1 Å². The molecule has 0 aliphatic carbocycles. The van der Waals surface area contributed by atoms with Crippen molar-refractivity contribution in [2.45, 2.75) is 39.7 Å². The number of pyridine rings is 1. The molecule has 0 radical (unpaired) electrons. The Hall–Kier alpha value is -1.09. The summed E-state index contributed by atoms with van der Waals surface area (Å²) in [6.07, 6.45) is 5.75. The molecule has 1 heterocycles. The maximum atomic E-state index is 5.02. The van der Waals surface area contributed by atoms with Crippen molar-refractivity contribution >= 4 is 0 Å². The third-order valence-corrected chi connectivity index (χ3v) is 2.72. The van der Waals surface area contributed by atoms with Crippen LogP contribution >= 0.6 is 0 Å². The highest BCUT2D eigenvalue weighted by Crippen LogP contribution is 2.07. The summed E-state index contributed by atoms with van der Waals surface area (Å²) in [6.45, 7) is 6.52. The first-order valence-electron chi connectivity index (χ1n) is 6.42. The Morgan fingerprint density at radius 2 is 2.12 bits per heavy atom. The van der Waals surface area contributed by atoms with E-state index in [-0.39, 0.29) is 0 Å². The molecule has 1 N–H and O–H groups in total. The SMILES string of the molecule is COc1ccc(CNCCCCC(C)C)cn1. The average molecular weight is 236 g/mol. The number of nitrogens with one attached hydrogen (secondary N) is 1. The molecule has 0 atom stereocenters. The van der Waals surface area contributed by atoms with Crippen LogP contribution in [0.4, 0.5) is 0 Å². The summed E-state index contributed by atoms with van der Waals surface area (Å²) in [4.78, 5) is 4.17. The lowest BCUT2D eigenvalue weighted by Crippen LogP contribution is -2.14. The van der Waals surface area contributed by atoms with Gasteiger partial charge in [-0.25, -0.2) is 4.98 Å². The van der Waals surface area contributed by atoms with E-state index in [2.05, 4.69) is 24.1 Å². The van der Waals surface area contributed by atoms with Crippen molar-refractivity contribution in [3.8, 4) is 5.88 Å². The minimum absolute atomic E-state index is 0.672. The molecule has 0 aliphatic rings. The minimum atomic E-state index is 0.672. The molecule has 3 heteroatoms. The lowest BCUT2D eigenvalue weighted by Gasteiger charge is -2.06. The van der Waals surface area contributed by atoms with Crippen molar-refractivity contribution < 1.29 is 4.74 Å². The van der Waals surface area contributed by atoms with Gasteiger partial charge in [0.05, 0.1) is 7.11 Å². The summed E-state index contributed by atoms with van der Waals surface area (Å²) in [6, 6.07) is 3.95. The molecule has 3 nitrogen and oxygen atoms in total. The van der Waals surface area contributed by atoms with Crippen molar-refractivity contribution in [1.82, 2.24) is 10.3 Å². The van der Waals surface area contributed by atoms with E-state index in [0.29, 0.717) is 5.88 Å². The predicted molar refractivity (Wildman–Crippen MR) is 71.2 cm³/mol. The molecule has 0 amide bonds. The fourth-order valence-corrected chi connectivity index (χ4v) is 1.67. The van der Waals surface area contributed by atoms with Crippen LogP contribution in [-0.4, -0.2) is 18.6 Å². The predicted octanol–water partition coefficient (Wildman–Crippen LogP) is 3.01. The van der Waals surface area contributed by atoms with Crippen LogP contribution in [0.25, 0.3) is 0 Å². The van der Waals surface area contributed by atoms with E-state index in [0.717, 1.165) is 19.0 Å². The van der Waals surface area contributed by atoms with Gasteiger partial charge in [0.1, 0.15) is 0 Å². The number of unbranched alkanes of at least 4 members (excludes halogenated alkanes) is 1. The molecule has 1 aromatic heterocycles. The molecule has 0 spiro atoms. The van der Waals surface area contributed by atoms with Gasteiger partial charge in [0.2, 0.25) is 5.88 Å². The number of rotatable bonds is 8. The first-order valence-corrected chi connectivity index (χ1v) is 6.42. The molecule has 0 fully saturated rings. The van der Waals surface area contributed by atoms with Gasteiger partial charge in [0.25, 0.3) is 0 Å². The average Bonchev–Trinajstić information content (AvgIpc) is 2.34. The van der Waals surface area contributed by atoms with Gasteiger partial charge >= 0.3 is 0 Å². The molecular formula is C14H24N2O. The maximum Gasteiger partial charge on any atom is 0.212 e. The van der Waals surface area contributed by atoms with Crippen molar-refractivity contribution in [2.24, 2.45) is 5.92 Å². The van der Waals surface area contributed by atoms with Gasteiger partial charge in [-0.05, 0) is 24.4 Å². The van der Waals surface area contributed by atoms with E-state index < -0.39 is 0 Å². The summed E-state index contributed by atoms with van der Waals surface area (Å²) in [5, 5.41) is 3.43. The van der Waals surface area contributed by atoms with E-state index >= 15 is 0 Å². The molecule has 1 rings (SSSR count). The first kappa shape index (κ1) is 14.0. The summed E-state index contributed by atoms with van der Waals surface area (Å²) in [7, 11) is 1.63. The number of aromatic nitrogens is 1. The zero-order valence-electron chi connectivity index (χ0n) is 11.2. The van der Waals surface area contributed by atoms with Crippen LogP contribution in [0.1, 0.15) is 38.7 Å². The van der Waals surface area contributed by atoms with E-state index in [1.165, 1.54) is 24.8 Å². The smallest absolute Gasteiger partial charge is 0.212 e. The Morgan fingerprint density at radius 3 is 2.71 bits per heavy atom. The number of hydrogen-bond donors (Lipinski definition) is 1. The molecule has 0 bridgehead atoms. The zero-order valence-corrected chi connectivity index (χ0v) is 11.2. The van der Waals surface area contributed by atoms with Crippen LogP contribution < -0.4 is 10.1 Å². The second kappa shape index (κ2) is 8.07. The van der Waals surface area contributed by atoms with Crippen molar-refractivity contribution in [1.29, 1.82) is 0 Å². The second-order valence-electron chi connectivity index (χ2n) is 4.78. The molecule has 0 aromatic carbocycles. The molecule has 96 valence electrons. The van der Waals surface area contributed by atoms with Crippen LogP contribution in [0.5, 0.6) is 5.88 Å². The highest BCUT2D eigenvalue weighted by atomic mass is 16.5. The summed E-state index contributed by atoms with van der Waals surface area (Å²) in [5.74, 6) is 1.49. The van der Waals surface area contributed by atoms with Crippen LogP contribution in [0.15, 0.2) is 18.3 Å². The number of methoxy groups -OCH3 is 1. The van der Waals surface area contributed by atoms with E-state index in [1.807, 2.05) is 18.3 Å². The molecular weight excluding hydrogens is 212 g/mol. The standard InChI is InChI=1S/C14H24N2O/c1-12(2)6-4-5-9-15-10-13-7-8-14(17-3)16-11-13/h7-8,11-12,15H,4-6,9-10H2,1-3H3. The number of nitrogens with zero attached hydrogens (tertiary/aromatic N) is 1. The first-order chi connectivity index (χ1) is 8.22. The summed E-state index contributed by atoms with van der Waals surface area (Å²) < 4.78 is 5.02.